The molecule has 0 saturated carbocycles. The van der Waals surface area contributed by atoms with Crippen LogP contribution in [0.3, 0.4) is 0 Å². The SMILES string of the molecule is CCC(C(=O)Nc1ccc(S(=O)(=O)Nc2ncccn2)cc1)c1ccccc1. The first-order valence-electron chi connectivity index (χ1n) is 8.75. The van der Waals surface area contributed by atoms with E-state index in [1.54, 1.807) is 18.2 Å². The van der Waals surface area contributed by atoms with Gasteiger partial charge in [0.1, 0.15) is 0 Å². The number of nitrogens with one attached hydrogen (secondary N) is 2. The molecule has 0 aliphatic carbocycles. The molecule has 0 fully saturated rings. The summed E-state index contributed by atoms with van der Waals surface area (Å²) in [5.41, 5.74) is 1.46. The second-order valence-corrected chi connectivity index (χ2v) is 7.75. The second kappa shape index (κ2) is 8.62. The van der Waals surface area contributed by atoms with Crippen LogP contribution in [0, 0.1) is 0 Å². The maximum atomic E-state index is 12.6. The molecule has 8 heteroatoms. The van der Waals surface area contributed by atoms with Crippen LogP contribution in [0.1, 0.15) is 24.8 Å². The van der Waals surface area contributed by atoms with Gasteiger partial charge < -0.3 is 5.32 Å². The average molecular weight is 396 g/mol. The van der Waals surface area contributed by atoms with E-state index < -0.39 is 10.0 Å². The van der Waals surface area contributed by atoms with Crippen molar-refractivity contribution >= 4 is 27.6 Å². The number of anilines is 2. The molecule has 1 unspecified atom stereocenters. The Balaban J connectivity index is 1.71. The molecule has 3 aromatic rings. The molecule has 0 saturated heterocycles. The molecule has 7 nitrogen and oxygen atoms in total. The molecular formula is C20H20N4O3S. The highest BCUT2D eigenvalue weighted by Gasteiger charge is 2.19. The van der Waals surface area contributed by atoms with Crippen LogP contribution in [0.15, 0.2) is 78.0 Å². The van der Waals surface area contributed by atoms with Gasteiger partial charge in [-0.1, -0.05) is 37.3 Å². The van der Waals surface area contributed by atoms with Crippen LogP contribution in [0.25, 0.3) is 0 Å². The van der Waals surface area contributed by atoms with E-state index >= 15 is 0 Å². The monoisotopic (exact) mass is 396 g/mol. The Morgan fingerprint density at radius 1 is 0.964 bits per heavy atom. The van der Waals surface area contributed by atoms with Crippen molar-refractivity contribution in [3.8, 4) is 0 Å². The molecule has 0 bridgehead atoms. The first kappa shape index (κ1) is 19.5. The predicted octanol–water partition coefficient (Wildman–Crippen LogP) is 3.41. The minimum atomic E-state index is -3.81. The highest BCUT2D eigenvalue weighted by atomic mass is 32.2. The number of hydrogen-bond acceptors (Lipinski definition) is 5. The van der Waals surface area contributed by atoms with E-state index in [-0.39, 0.29) is 22.7 Å². The van der Waals surface area contributed by atoms with Gasteiger partial charge in [0, 0.05) is 18.1 Å². The third-order valence-corrected chi connectivity index (χ3v) is 5.49. The molecule has 3 rings (SSSR count). The van der Waals surface area contributed by atoms with Gasteiger partial charge in [-0.15, -0.1) is 0 Å². The Bertz CT molecular complexity index is 1020. The highest BCUT2D eigenvalue weighted by Crippen LogP contribution is 2.22. The summed E-state index contributed by atoms with van der Waals surface area (Å²) in [6, 6.07) is 17.1. The molecule has 1 aromatic heterocycles. The predicted molar refractivity (Wildman–Crippen MR) is 107 cm³/mol. The van der Waals surface area contributed by atoms with Gasteiger partial charge in [-0.25, -0.2) is 23.1 Å². The van der Waals surface area contributed by atoms with Crippen molar-refractivity contribution in [2.75, 3.05) is 10.0 Å². The third kappa shape index (κ3) is 4.72. The van der Waals surface area contributed by atoms with Crippen LogP contribution in [-0.2, 0) is 14.8 Å². The topological polar surface area (TPSA) is 101 Å². The number of carbonyl (C=O) groups is 1. The van der Waals surface area contributed by atoms with Crippen molar-refractivity contribution in [2.24, 2.45) is 0 Å². The van der Waals surface area contributed by atoms with Crippen LogP contribution >= 0.6 is 0 Å². The quantitative estimate of drug-likeness (QED) is 0.637. The summed E-state index contributed by atoms with van der Waals surface area (Å²) in [5.74, 6) is -0.421. The molecule has 1 atom stereocenters. The van der Waals surface area contributed by atoms with E-state index in [4.69, 9.17) is 0 Å². The molecule has 0 radical (unpaired) electrons. The zero-order chi connectivity index (χ0) is 20.0. The third-order valence-electron chi connectivity index (χ3n) is 4.15. The van der Waals surface area contributed by atoms with Crippen LogP contribution < -0.4 is 10.0 Å². The van der Waals surface area contributed by atoms with Gasteiger partial charge in [-0.3, -0.25) is 4.79 Å². The maximum absolute atomic E-state index is 12.6. The maximum Gasteiger partial charge on any atom is 0.264 e. The Morgan fingerprint density at radius 3 is 2.21 bits per heavy atom. The van der Waals surface area contributed by atoms with E-state index in [9.17, 15) is 13.2 Å². The Morgan fingerprint density at radius 2 is 1.61 bits per heavy atom. The number of sulfonamides is 1. The molecule has 1 heterocycles. The minimum Gasteiger partial charge on any atom is -0.326 e. The summed E-state index contributed by atoms with van der Waals surface area (Å²) in [4.78, 5) is 20.3. The van der Waals surface area contributed by atoms with Crippen LogP contribution in [-0.4, -0.2) is 24.3 Å². The molecule has 144 valence electrons. The molecule has 0 aliphatic rings. The van der Waals surface area contributed by atoms with Gasteiger partial charge in [-0.2, -0.15) is 0 Å². The van der Waals surface area contributed by atoms with Crippen LogP contribution in [0.2, 0.25) is 0 Å². The standard InChI is InChI=1S/C20H20N4O3S/c1-2-18(15-7-4-3-5-8-15)19(25)23-16-9-11-17(12-10-16)28(26,27)24-20-21-13-6-14-22-20/h3-14,18H,2H2,1H3,(H,23,25)(H,21,22,24). The second-order valence-electron chi connectivity index (χ2n) is 6.06. The van der Waals surface area contributed by atoms with Gasteiger partial charge >= 0.3 is 0 Å². The van der Waals surface area contributed by atoms with Crippen molar-refractivity contribution in [1.82, 2.24) is 9.97 Å². The lowest BCUT2D eigenvalue weighted by atomic mass is 9.95. The average Bonchev–Trinajstić information content (AvgIpc) is 2.70. The molecule has 28 heavy (non-hydrogen) atoms. The lowest BCUT2D eigenvalue weighted by Gasteiger charge is -2.15. The summed E-state index contributed by atoms with van der Waals surface area (Å²) < 4.78 is 27.1. The van der Waals surface area contributed by atoms with Crippen molar-refractivity contribution in [2.45, 2.75) is 24.2 Å². The van der Waals surface area contributed by atoms with Crippen molar-refractivity contribution in [3.05, 3.63) is 78.6 Å². The smallest absolute Gasteiger partial charge is 0.264 e. The molecule has 0 aliphatic heterocycles. The molecule has 2 N–H and O–H groups in total. The van der Waals surface area contributed by atoms with Gasteiger partial charge in [-0.05, 0) is 42.3 Å². The molecule has 2 aromatic carbocycles. The number of rotatable bonds is 7. The minimum absolute atomic E-state index is 0.00599. The van der Waals surface area contributed by atoms with Crippen LogP contribution in [0.5, 0.6) is 0 Å². The van der Waals surface area contributed by atoms with E-state index in [1.807, 2.05) is 37.3 Å². The molecule has 0 spiro atoms. The first-order chi connectivity index (χ1) is 13.5. The number of amides is 1. The van der Waals surface area contributed by atoms with Gasteiger partial charge in [0.2, 0.25) is 11.9 Å². The fourth-order valence-corrected chi connectivity index (χ4v) is 3.69. The normalized spacial score (nSPS) is 12.2. The summed E-state index contributed by atoms with van der Waals surface area (Å²) in [6.45, 7) is 1.95. The number of hydrogen-bond donors (Lipinski definition) is 2. The first-order valence-corrected chi connectivity index (χ1v) is 10.2. The zero-order valence-corrected chi connectivity index (χ0v) is 16.1. The largest absolute Gasteiger partial charge is 0.326 e. The number of benzene rings is 2. The number of carbonyl (C=O) groups excluding carboxylic acids is 1. The van der Waals surface area contributed by atoms with Crippen molar-refractivity contribution in [3.63, 3.8) is 0 Å². The Kier molecular flexibility index (Phi) is 6.00. The number of aromatic nitrogens is 2. The Hall–Kier alpha value is -3.26. The van der Waals surface area contributed by atoms with Gasteiger partial charge in [0.25, 0.3) is 10.0 Å². The zero-order valence-electron chi connectivity index (χ0n) is 15.2. The van der Waals surface area contributed by atoms with Crippen molar-refractivity contribution < 1.29 is 13.2 Å². The summed E-state index contributed by atoms with van der Waals surface area (Å²) >= 11 is 0. The highest BCUT2D eigenvalue weighted by molar-refractivity contribution is 7.92. The summed E-state index contributed by atoms with van der Waals surface area (Å²) in [7, 11) is -3.81. The van der Waals surface area contributed by atoms with Crippen LogP contribution in [0.4, 0.5) is 11.6 Å². The molecular weight excluding hydrogens is 376 g/mol. The summed E-state index contributed by atoms with van der Waals surface area (Å²) in [6.07, 6.45) is 3.55. The summed E-state index contributed by atoms with van der Waals surface area (Å²) in [5, 5.41) is 2.84. The molecule has 1 amide bonds. The van der Waals surface area contributed by atoms with E-state index in [0.29, 0.717) is 12.1 Å². The van der Waals surface area contributed by atoms with Crippen molar-refractivity contribution in [1.29, 1.82) is 0 Å². The van der Waals surface area contributed by atoms with Gasteiger partial charge in [0.05, 0.1) is 10.8 Å². The fourth-order valence-electron chi connectivity index (χ4n) is 2.74. The van der Waals surface area contributed by atoms with E-state index in [1.165, 1.54) is 24.5 Å². The number of nitrogens with zero attached hydrogens (tertiary/aromatic N) is 2. The van der Waals surface area contributed by atoms with E-state index in [2.05, 4.69) is 20.0 Å². The Labute approximate surface area is 163 Å². The fraction of sp³-hybridized carbons (Fsp3) is 0.150. The lowest BCUT2D eigenvalue weighted by molar-refractivity contribution is -0.117. The van der Waals surface area contributed by atoms with Gasteiger partial charge in [0.15, 0.2) is 0 Å². The lowest BCUT2D eigenvalue weighted by Crippen LogP contribution is -2.20. The van der Waals surface area contributed by atoms with E-state index in [0.717, 1.165) is 5.56 Å².